The standard InChI is InChI=1S/C38H54N12O7S.5CO2.H2/c1-21(34(55)48-28(8-5-15-43-37(39)40)30(53)18-22(2)33(54)46-23(3)29(52)9-6-16-58)17-27(51)7-4-14-42-35(56)24-10-12-25(13-11-24)44-19-26-20-45-32-31(47-26)36(57)50-38(41)49-32;5*2-1-3;/h10-13,20-23,28,44,58H,4-9,14-19H2,1-3H3,(H,42,56)(H,46,54)(H,48,55)(H4,39,40,43)(H3,41,45,49,50,57);;;;;;1H/t21-,22+,23+,28+;;;;;;/m1....../s1/i;;;;;;1+1. The summed E-state index contributed by atoms with van der Waals surface area (Å²) in [5.74, 6) is -3.10. The van der Waals surface area contributed by atoms with Gasteiger partial charge in [-0.3, -0.25) is 43.5 Å². The van der Waals surface area contributed by atoms with Crippen molar-refractivity contribution < 1.29 is 78.1 Å². The Hall–Kier alpha value is -9.02. The van der Waals surface area contributed by atoms with Crippen molar-refractivity contribution in [2.45, 2.75) is 90.8 Å². The van der Waals surface area contributed by atoms with Gasteiger partial charge < -0.3 is 38.5 Å². The van der Waals surface area contributed by atoms with Gasteiger partial charge in [-0.25, -0.2) is 9.97 Å². The highest BCUT2D eigenvalue weighted by molar-refractivity contribution is 7.80. The first-order chi connectivity index (χ1) is 34.6. The molecule has 0 spiro atoms. The Morgan fingerprint density at radius 1 is 0.753 bits per heavy atom. The molecule has 1 aromatic carbocycles. The molecule has 29 nitrogen and oxygen atoms in total. The van der Waals surface area contributed by atoms with Crippen LogP contribution in [0.5, 0.6) is 0 Å². The van der Waals surface area contributed by atoms with Crippen LogP contribution in [0.2, 0.25) is 0 Å². The zero-order valence-corrected chi connectivity index (χ0v) is 40.5. The van der Waals surface area contributed by atoms with Gasteiger partial charge in [0.15, 0.2) is 28.7 Å². The Labute approximate surface area is 421 Å². The summed E-state index contributed by atoms with van der Waals surface area (Å²) in [6, 6.07) is 5.04. The highest BCUT2D eigenvalue weighted by atomic mass is 32.1. The van der Waals surface area contributed by atoms with Crippen molar-refractivity contribution in [3.8, 4) is 0 Å². The molecule has 0 fully saturated rings. The second-order valence-corrected chi connectivity index (χ2v) is 14.9. The average molecular weight is 1050 g/mol. The number of thiol groups is 1. The summed E-state index contributed by atoms with van der Waals surface area (Å²) in [5.41, 5.74) is 17.7. The number of ketones is 3. The van der Waals surface area contributed by atoms with Crippen LogP contribution in [0.3, 0.4) is 0 Å². The van der Waals surface area contributed by atoms with Gasteiger partial charge in [-0.1, -0.05) is 13.8 Å². The molecule has 3 rings (SSSR count). The van der Waals surface area contributed by atoms with E-state index in [0.29, 0.717) is 42.0 Å². The Kier molecular flexibility index (Phi) is 39.2. The minimum absolute atomic E-state index is 0. The predicted molar refractivity (Wildman–Crippen MR) is 250 cm³/mol. The molecule has 2 aromatic heterocycles. The van der Waals surface area contributed by atoms with Crippen molar-refractivity contribution in [1.29, 1.82) is 0 Å². The molecule has 0 aliphatic heterocycles. The minimum atomic E-state index is -0.951. The van der Waals surface area contributed by atoms with Crippen LogP contribution in [-0.4, -0.2) is 123 Å². The third kappa shape index (κ3) is 32.4. The van der Waals surface area contributed by atoms with E-state index in [1.807, 2.05) is 0 Å². The molecule has 30 heteroatoms. The smallest absolute Gasteiger partial charge is 0.373 e. The van der Waals surface area contributed by atoms with Crippen LogP contribution in [0.15, 0.2) is 40.2 Å². The van der Waals surface area contributed by atoms with Crippen LogP contribution in [0.25, 0.3) is 11.2 Å². The zero-order valence-electron chi connectivity index (χ0n) is 39.6. The number of fused-ring (bicyclic) bond motifs is 1. The predicted octanol–water partition coefficient (Wildman–Crippen LogP) is -1.74. The van der Waals surface area contributed by atoms with Crippen molar-refractivity contribution in [2.24, 2.45) is 28.3 Å². The number of aliphatic imine (C=N–C) groups is 1. The fraction of sp³-hybridized carbons (Fsp3) is 0.442. The first-order valence-corrected chi connectivity index (χ1v) is 21.7. The number of aromatic amines is 1. The van der Waals surface area contributed by atoms with E-state index in [1.165, 1.54) is 6.20 Å². The molecule has 2 heterocycles. The van der Waals surface area contributed by atoms with Crippen molar-refractivity contribution in [1.82, 2.24) is 35.9 Å². The summed E-state index contributed by atoms with van der Waals surface area (Å²) < 4.78 is 0. The maximum Gasteiger partial charge on any atom is 0.373 e. The maximum absolute atomic E-state index is 13.3. The number of carbonyl (C=O) groups excluding carboxylic acids is 16. The summed E-state index contributed by atoms with van der Waals surface area (Å²) in [7, 11) is 0. The molecule has 3 amide bonds. The lowest BCUT2D eigenvalue weighted by Crippen LogP contribution is -2.46. The fourth-order valence-corrected chi connectivity index (χ4v) is 5.85. The van der Waals surface area contributed by atoms with E-state index in [-0.39, 0.29) is 130 Å². The molecule has 73 heavy (non-hydrogen) atoms. The van der Waals surface area contributed by atoms with Crippen molar-refractivity contribution >= 4 is 107 Å². The van der Waals surface area contributed by atoms with E-state index in [0.717, 1.165) is 0 Å². The molecule has 0 aliphatic rings. The number of carbonyl (C=O) groups is 6. The molecule has 4 atom stereocenters. The van der Waals surface area contributed by atoms with E-state index in [9.17, 15) is 33.6 Å². The highest BCUT2D eigenvalue weighted by Crippen LogP contribution is 2.14. The number of amides is 3. The van der Waals surface area contributed by atoms with Crippen LogP contribution in [0.4, 0.5) is 11.6 Å². The number of nitrogens with one attached hydrogen (secondary N) is 5. The van der Waals surface area contributed by atoms with Gasteiger partial charge in [0.25, 0.3) is 11.5 Å². The van der Waals surface area contributed by atoms with E-state index < -0.39 is 41.3 Å². The monoisotopic (exact) mass is 1050 g/mol. The van der Waals surface area contributed by atoms with Gasteiger partial charge in [-0.05, 0) is 62.6 Å². The number of hydrogen-bond acceptors (Lipinski definition) is 24. The number of nitrogens with two attached hydrogens (primary N) is 3. The molecule has 0 saturated heterocycles. The second-order valence-electron chi connectivity index (χ2n) is 14.4. The first kappa shape index (κ1) is 68.2. The van der Waals surface area contributed by atoms with Crippen molar-refractivity contribution in [3.05, 3.63) is 52.1 Å². The number of rotatable bonds is 25. The molecular formula is C43H56N12O17S. The number of anilines is 2. The molecule has 3 aromatic rings. The largest absolute Gasteiger partial charge is 0.379 e. The van der Waals surface area contributed by atoms with Crippen LogP contribution >= 0.6 is 12.6 Å². The van der Waals surface area contributed by atoms with Gasteiger partial charge in [0.1, 0.15) is 5.78 Å². The second kappa shape index (κ2) is 41.9. The Balaban J connectivity index is -0.00000136. The molecule has 0 saturated carbocycles. The van der Waals surface area contributed by atoms with Gasteiger partial charge in [0.05, 0.1) is 30.5 Å². The number of guanidine groups is 1. The lowest BCUT2D eigenvalue weighted by Gasteiger charge is -2.22. The third-order valence-corrected chi connectivity index (χ3v) is 9.35. The summed E-state index contributed by atoms with van der Waals surface area (Å²) in [6.45, 7) is 5.45. The van der Waals surface area contributed by atoms with E-state index in [4.69, 9.17) is 65.1 Å². The highest BCUT2D eigenvalue weighted by Gasteiger charge is 2.28. The number of aromatic nitrogens is 4. The molecular weight excluding hydrogens is 989 g/mol. The first-order valence-electron chi connectivity index (χ1n) is 21.1. The molecule has 0 aliphatic carbocycles. The summed E-state index contributed by atoms with van der Waals surface area (Å²) in [6.07, 6.45) is 4.38. The van der Waals surface area contributed by atoms with Gasteiger partial charge in [-0.15, -0.1) is 0 Å². The Bertz CT molecular complexity index is 2440. The number of hydrogen-bond donors (Lipinski definition) is 9. The van der Waals surface area contributed by atoms with Crippen molar-refractivity contribution in [2.75, 3.05) is 29.9 Å². The molecule has 396 valence electrons. The van der Waals surface area contributed by atoms with Gasteiger partial charge >= 0.3 is 30.8 Å². The topological polar surface area (TPSA) is 483 Å². The quantitative estimate of drug-likeness (QED) is 0.0197. The van der Waals surface area contributed by atoms with Crippen LogP contribution in [0.1, 0.15) is 89.6 Å². The number of Topliss-reactive ketones (excluding diaryl/α,β-unsaturated/α-hetero) is 3. The van der Waals surface area contributed by atoms with Crippen molar-refractivity contribution in [3.63, 3.8) is 0 Å². The number of nitrogens with zero attached hydrogens (tertiary/aromatic N) is 4. The molecule has 0 unspecified atom stereocenters. The summed E-state index contributed by atoms with van der Waals surface area (Å²) in [5, 5.41) is 11.3. The van der Waals surface area contributed by atoms with Crippen LogP contribution < -0.4 is 44.0 Å². The Morgan fingerprint density at radius 2 is 1.30 bits per heavy atom. The van der Waals surface area contributed by atoms with Gasteiger partial charge in [-0.2, -0.15) is 65.6 Å². The number of benzene rings is 1. The van der Waals surface area contributed by atoms with Gasteiger partial charge in [0, 0.05) is 63.3 Å². The average Bonchev–Trinajstić information content (AvgIpc) is 3.33. The fourth-order valence-electron chi connectivity index (χ4n) is 5.69. The van der Waals surface area contributed by atoms with Crippen LogP contribution in [0, 0.1) is 11.8 Å². The van der Waals surface area contributed by atoms with E-state index in [1.54, 1.807) is 45.0 Å². The van der Waals surface area contributed by atoms with E-state index in [2.05, 4.69) is 58.8 Å². The van der Waals surface area contributed by atoms with Crippen LogP contribution in [-0.2, 0) is 78.5 Å². The minimum Gasteiger partial charge on any atom is -0.379 e. The maximum atomic E-state index is 13.3. The molecule has 11 N–H and O–H groups in total. The molecule has 0 bridgehead atoms. The number of H-pyrrole nitrogens is 1. The normalized spacial score (nSPS) is 10.9. The third-order valence-electron chi connectivity index (χ3n) is 9.03. The van der Waals surface area contributed by atoms with E-state index >= 15 is 0 Å². The lowest BCUT2D eigenvalue weighted by atomic mass is 9.95. The summed E-state index contributed by atoms with van der Waals surface area (Å²) >= 11 is 4.10. The summed E-state index contributed by atoms with van der Waals surface area (Å²) in [4.78, 5) is 189. The SMILES string of the molecule is C[C@H](CC(=O)CCCNC(=O)c1ccc(NCc2cnc3nc(N)[nH]c(=O)c3n2)cc1)C(=O)N[C@@H](CCCN=C(N)N)C(=O)C[C@H](C)C(=O)N[C@@H](C)C(=O)CCCS.O=C=O.O=C=O.O=C=O.O=C=O.O=C=O.[2HH]. The zero-order chi connectivity index (χ0) is 56.3. The number of nitrogen functional groups attached to an aromatic ring is 1. The lowest BCUT2D eigenvalue weighted by molar-refractivity contribution is -0.193. The molecule has 0 radical (unpaired) electrons. The van der Waals surface area contributed by atoms with Gasteiger partial charge in [0.2, 0.25) is 17.8 Å². The Morgan fingerprint density at radius 3 is 1.85 bits per heavy atom.